The first-order valence-corrected chi connectivity index (χ1v) is 26.3. The number of esters is 3. The van der Waals surface area contributed by atoms with Gasteiger partial charge in [0, 0.05) is 19.3 Å². The molecule has 1 atom stereocenters. The molecule has 0 aromatic rings. The summed E-state index contributed by atoms with van der Waals surface area (Å²) in [5.41, 5.74) is 0. The van der Waals surface area contributed by atoms with Gasteiger partial charge in [-0.05, 0) is 77.0 Å². The molecule has 0 aromatic heterocycles. The largest absolute Gasteiger partial charge is 0.462 e. The van der Waals surface area contributed by atoms with Crippen LogP contribution >= 0.6 is 0 Å². The van der Waals surface area contributed by atoms with Crippen molar-refractivity contribution in [1.82, 2.24) is 0 Å². The van der Waals surface area contributed by atoms with Crippen molar-refractivity contribution >= 4 is 17.9 Å². The molecule has 1 unspecified atom stereocenters. The quantitative estimate of drug-likeness (QED) is 0.0199. The predicted molar refractivity (Wildman–Crippen MR) is 274 cm³/mol. The molecular weight excluding hydrogens is 793 g/mol. The van der Waals surface area contributed by atoms with Gasteiger partial charge in [0.2, 0.25) is 0 Å². The second-order valence-corrected chi connectivity index (χ2v) is 17.1. The lowest BCUT2D eigenvalue weighted by Crippen LogP contribution is -2.30. The van der Waals surface area contributed by atoms with E-state index in [1.165, 1.54) is 96.3 Å². The molecule has 0 amide bonds. The van der Waals surface area contributed by atoms with Crippen LogP contribution in [0.2, 0.25) is 0 Å². The molecule has 0 aliphatic heterocycles. The van der Waals surface area contributed by atoms with Gasteiger partial charge in [0.25, 0.3) is 0 Å². The first-order valence-electron chi connectivity index (χ1n) is 26.3. The Bertz CT molecular complexity index is 1300. The molecule has 64 heavy (non-hydrogen) atoms. The SMILES string of the molecule is CC\C=C/C=C\C=C/C=C\CCCCCCCC(=O)OC(COC(=O)CCC/C=C\C/C=C\C/C=C\C/C=C\CCCCC)COC(=O)CCCCCCCCCCCCCCCC. The van der Waals surface area contributed by atoms with Crippen LogP contribution in [0.1, 0.15) is 233 Å². The molecule has 0 fully saturated rings. The Labute approximate surface area is 394 Å². The molecule has 0 saturated carbocycles. The summed E-state index contributed by atoms with van der Waals surface area (Å²) >= 11 is 0. The van der Waals surface area contributed by atoms with E-state index in [2.05, 4.69) is 93.7 Å². The average molecular weight is 889 g/mol. The van der Waals surface area contributed by atoms with Crippen LogP contribution in [0.25, 0.3) is 0 Å². The van der Waals surface area contributed by atoms with Gasteiger partial charge in [0.05, 0.1) is 0 Å². The first kappa shape index (κ1) is 60.3. The van der Waals surface area contributed by atoms with E-state index in [-0.39, 0.29) is 44.0 Å². The van der Waals surface area contributed by atoms with Crippen molar-refractivity contribution < 1.29 is 28.6 Å². The van der Waals surface area contributed by atoms with E-state index in [9.17, 15) is 14.4 Å². The minimum Gasteiger partial charge on any atom is -0.462 e. The molecule has 0 saturated heterocycles. The molecular formula is C58H96O6. The van der Waals surface area contributed by atoms with Crippen LogP contribution in [0.15, 0.2) is 97.2 Å². The molecule has 6 heteroatoms. The van der Waals surface area contributed by atoms with Crippen LogP contribution in [-0.4, -0.2) is 37.2 Å². The van der Waals surface area contributed by atoms with Gasteiger partial charge in [0.1, 0.15) is 13.2 Å². The Morgan fingerprint density at radius 2 is 0.688 bits per heavy atom. The third-order valence-electron chi connectivity index (χ3n) is 10.9. The molecule has 0 aliphatic carbocycles. The van der Waals surface area contributed by atoms with Gasteiger partial charge >= 0.3 is 17.9 Å². The van der Waals surface area contributed by atoms with Gasteiger partial charge in [-0.1, -0.05) is 234 Å². The number of allylic oxidation sites excluding steroid dienone is 16. The summed E-state index contributed by atoms with van der Waals surface area (Å²) < 4.78 is 16.7. The lowest BCUT2D eigenvalue weighted by molar-refractivity contribution is -0.167. The van der Waals surface area contributed by atoms with E-state index >= 15 is 0 Å². The standard InChI is InChI=1S/C58H96O6/c1-4-7-10-13-16-19-22-25-28-29-31-33-36-39-42-45-48-51-57(60)63-54-55(53-62-56(59)50-47-44-41-38-35-32-27-24-21-18-15-12-9-6-3)64-58(61)52-49-46-43-40-37-34-30-26-23-20-17-14-11-8-5-2/h8,11,14,16-17,19-20,23,25-26,28,30-31,33,39,42,55H,4-7,9-10,12-13,15,18,21-22,24,27,29,32,34-38,40-41,43-54H2,1-3H3/b11-8-,17-14-,19-16-,23-20-,28-25-,30-26-,33-31-,42-39-. The fourth-order valence-corrected chi connectivity index (χ4v) is 6.97. The third kappa shape index (κ3) is 49.3. The maximum Gasteiger partial charge on any atom is 0.306 e. The Hall–Kier alpha value is -3.67. The Morgan fingerprint density at radius 3 is 1.19 bits per heavy atom. The van der Waals surface area contributed by atoms with Crippen molar-refractivity contribution in [2.45, 2.75) is 239 Å². The normalized spacial score (nSPS) is 12.9. The van der Waals surface area contributed by atoms with E-state index in [1.54, 1.807) is 0 Å². The van der Waals surface area contributed by atoms with Gasteiger partial charge in [-0.15, -0.1) is 0 Å². The number of hydrogen-bond donors (Lipinski definition) is 0. The summed E-state index contributed by atoms with van der Waals surface area (Å²) in [5.74, 6) is -0.986. The molecule has 0 rings (SSSR count). The molecule has 0 heterocycles. The van der Waals surface area contributed by atoms with Gasteiger partial charge in [0.15, 0.2) is 6.10 Å². The van der Waals surface area contributed by atoms with Crippen molar-refractivity contribution in [2.24, 2.45) is 0 Å². The molecule has 0 aliphatic rings. The zero-order valence-electron chi connectivity index (χ0n) is 41.5. The Morgan fingerprint density at radius 1 is 0.344 bits per heavy atom. The average Bonchev–Trinajstić information content (AvgIpc) is 3.29. The highest BCUT2D eigenvalue weighted by Gasteiger charge is 2.19. The molecule has 0 aromatic carbocycles. The summed E-state index contributed by atoms with van der Waals surface area (Å²) in [6.45, 7) is 6.40. The molecule has 0 spiro atoms. The van der Waals surface area contributed by atoms with Crippen molar-refractivity contribution in [3.8, 4) is 0 Å². The van der Waals surface area contributed by atoms with Gasteiger partial charge in [-0.3, -0.25) is 14.4 Å². The number of carbonyl (C=O) groups excluding carboxylic acids is 3. The Kier molecular flexibility index (Phi) is 49.0. The van der Waals surface area contributed by atoms with E-state index in [0.29, 0.717) is 12.8 Å². The Balaban J connectivity index is 4.52. The third-order valence-corrected chi connectivity index (χ3v) is 10.9. The monoisotopic (exact) mass is 889 g/mol. The maximum atomic E-state index is 12.8. The van der Waals surface area contributed by atoms with E-state index in [0.717, 1.165) is 89.9 Å². The molecule has 0 bridgehead atoms. The van der Waals surface area contributed by atoms with Crippen molar-refractivity contribution in [1.29, 1.82) is 0 Å². The number of hydrogen-bond acceptors (Lipinski definition) is 6. The van der Waals surface area contributed by atoms with Crippen LogP contribution in [-0.2, 0) is 28.6 Å². The zero-order valence-corrected chi connectivity index (χ0v) is 41.5. The highest BCUT2D eigenvalue weighted by atomic mass is 16.6. The lowest BCUT2D eigenvalue weighted by atomic mass is 10.0. The number of rotatable bonds is 46. The topological polar surface area (TPSA) is 78.9 Å². The summed E-state index contributed by atoms with van der Waals surface area (Å²) in [7, 11) is 0. The van der Waals surface area contributed by atoms with E-state index in [4.69, 9.17) is 14.2 Å². The molecule has 0 radical (unpaired) electrons. The number of carbonyl (C=O) groups is 3. The second-order valence-electron chi connectivity index (χ2n) is 17.1. The number of ether oxygens (including phenoxy) is 3. The van der Waals surface area contributed by atoms with Crippen LogP contribution < -0.4 is 0 Å². The fourth-order valence-electron chi connectivity index (χ4n) is 6.97. The van der Waals surface area contributed by atoms with Crippen LogP contribution in [0.3, 0.4) is 0 Å². The van der Waals surface area contributed by atoms with Gasteiger partial charge < -0.3 is 14.2 Å². The zero-order chi connectivity index (χ0) is 46.5. The first-order chi connectivity index (χ1) is 31.5. The highest BCUT2D eigenvalue weighted by molar-refractivity contribution is 5.71. The maximum absolute atomic E-state index is 12.8. The smallest absolute Gasteiger partial charge is 0.306 e. The lowest BCUT2D eigenvalue weighted by Gasteiger charge is -2.18. The number of unbranched alkanes of at least 4 members (excludes halogenated alkanes) is 22. The highest BCUT2D eigenvalue weighted by Crippen LogP contribution is 2.15. The van der Waals surface area contributed by atoms with Gasteiger partial charge in [-0.2, -0.15) is 0 Å². The minimum absolute atomic E-state index is 0.104. The van der Waals surface area contributed by atoms with Crippen LogP contribution in [0.5, 0.6) is 0 Å². The summed E-state index contributed by atoms with van der Waals surface area (Å²) in [4.78, 5) is 38.0. The van der Waals surface area contributed by atoms with E-state index < -0.39 is 6.10 Å². The summed E-state index contributed by atoms with van der Waals surface area (Å²) in [6.07, 6.45) is 68.2. The van der Waals surface area contributed by atoms with E-state index in [1.807, 2.05) is 24.3 Å². The van der Waals surface area contributed by atoms with Gasteiger partial charge in [-0.25, -0.2) is 0 Å². The molecule has 6 nitrogen and oxygen atoms in total. The minimum atomic E-state index is -0.811. The molecule has 0 N–H and O–H groups in total. The van der Waals surface area contributed by atoms with Crippen LogP contribution in [0.4, 0.5) is 0 Å². The van der Waals surface area contributed by atoms with Crippen LogP contribution in [0, 0.1) is 0 Å². The second kappa shape index (κ2) is 52.0. The summed E-state index contributed by atoms with van der Waals surface area (Å²) in [6, 6.07) is 0. The fraction of sp³-hybridized carbons (Fsp3) is 0.672. The molecule has 364 valence electrons. The van der Waals surface area contributed by atoms with Crippen molar-refractivity contribution in [3.05, 3.63) is 97.2 Å². The van der Waals surface area contributed by atoms with Crippen molar-refractivity contribution in [3.63, 3.8) is 0 Å². The summed E-state index contributed by atoms with van der Waals surface area (Å²) in [5, 5.41) is 0. The predicted octanol–water partition coefficient (Wildman–Crippen LogP) is 17.4. The van der Waals surface area contributed by atoms with Crippen molar-refractivity contribution in [2.75, 3.05) is 13.2 Å².